The molecule has 0 atom stereocenters. The monoisotopic (exact) mass is 317 g/mol. The molecule has 0 N–H and O–H groups in total. The highest BCUT2D eigenvalue weighted by atomic mass is 16.5. The molecule has 3 fully saturated rings. The molecule has 3 aliphatic rings. The molecule has 2 saturated heterocycles. The third-order valence-corrected chi connectivity index (χ3v) is 5.17. The summed E-state index contributed by atoms with van der Waals surface area (Å²) in [7, 11) is 0. The van der Waals surface area contributed by atoms with Gasteiger partial charge in [0.1, 0.15) is 11.5 Å². The second kappa shape index (κ2) is 8.05. The number of ether oxygens (including phenoxy) is 2. The van der Waals surface area contributed by atoms with Crippen LogP contribution in [0.1, 0.15) is 57.9 Å². The minimum Gasteiger partial charge on any atom is -0.493 e. The van der Waals surface area contributed by atoms with Crippen molar-refractivity contribution >= 4 is 0 Å². The molecule has 0 aromatic heterocycles. The molecule has 2 bridgehead atoms. The van der Waals surface area contributed by atoms with Crippen molar-refractivity contribution in [2.24, 2.45) is 5.92 Å². The van der Waals surface area contributed by atoms with Gasteiger partial charge < -0.3 is 9.47 Å². The van der Waals surface area contributed by atoms with Crippen molar-refractivity contribution in [3.05, 3.63) is 23.8 Å². The van der Waals surface area contributed by atoms with Gasteiger partial charge in [-0.3, -0.25) is 4.90 Å². The number of hydrogen-bond acceptors (Lipinski definition) is 3. The van der Waals surface area contributed by atoms with Crippen molar-refractivity contribution in [2.45, 2.75) is 65.0 Å². The van der Waals surface area contributed by atoms with Gasteiger partial charge >= 0.3 is 0 Å². The van der Waals surface area contributed by atoms with Gasteiger partial charge in [-0.25, -0.2) is 0 Å². The van der Waals surface area contributed by atoms with Crippen molar-refractivity contribution in [3.8, 4) is 11.5 Å². The summed E-state index contributed by atoms with van der Waals surface area (Å²) in [5.74, 6) is 2.87. The van der Waals surface area contributed by atoms with E-state index < -0.39 is 0 Å². The molecule has 128 valence electrons. The lowest BCUT2D eigenvalue weighted by molar-refractivity contribution is 0.0419. The van der Waals surface area contributed by atoms with E-state index >= 15 is 0 Å². The zero-order chi connectivity index (χ0) is 16.1. The van der Waals surface area contributed by atoms with Crippen LogP contribution >= 0.6 is 0 Å². The fourth-order valence-corrected chi connectivity index (χ4v) is 3.91. The highest BCUT2D eigenvalue weighted by molar-refractivity contribution is 5.41. The van der Waals surface area contributed by atoms with E-state index in [0.29, 0.717) is 0 Å². The first-order chi connectivity index (χ1) is 11.3. The molecule has 3 heteroatoms. The number of hydrogen-bond donors (Lipinski definition) is 0. The van der Waals surface area contributed by atoms with E-state index in [1.165, 1.54) is 37.8 Å². The second-order valence-corrected chi connectivity index (χ2v) is 7.07. The van der Waals surface area contributed by atoms with Gasteiger partial charge in [-0.2, -0.15) is 0 Å². The van der Waals surface area contributed by atoms with E-state index in [9.17, 15) is 0 Å². The maximum Gasteiger partial charge on any atom is 0.127 e. The molecule has 0 amide bonds. The van der Waals surface area contributed by atoms with Gasteiger partial charge in [-0.1, -0.05) is 19.9 Å². The van der Waals surface area contributed by atoms with Gasteiger partial charge in [-0.15, -0.1) is 0 Å². The molecule has 0 radical (unpaired) electrons. The Balaban J connectivity index is 1.71. The number of piperidine rings is 2. The minimum absolute atomic E-state index is 0.766. The average molecular weight is 317 g/mol. The number of benzene rings is 1. The van der Waals surface area contributed by atoms with Crippen molar-refractivity contribution in [1.29, 1.82) is 0 Å². The van der Waals surface area contributed by atoms with Crippen molar-refractivity contribution in [1.82, 2.24) is 4.90 Å². The topological polar surface area (TPSA) is 21.7 Å². The van der Waals surface area contributed by atoms with Crippen molar-refractivity contribution < 1.29 is 9.47 Å². The third kappa shape index (κ3) is 4.20. The summed E-state index contributed by atoms with van der Waals surface area (Å²) in [6.07, 6.45) is 7.70. The minimum atomic E-state index is 0.766. The summed E-state index contributed by atoms with van der Waals surface area (Å²) in [4.78, 5) is 2.68. The Kier molecular flexibility index (Phi) is 5.82. The first-order valence-electron chi connectivity index (χ1n) is 9.42. The molecule has 1 saturated carbocycles. The van der Waals surface area contributed by atoms with Gasteiger partial charge in [0.15, 0.2) is 0 Å². The molecular formula is C20H31NO2. The molecular weight excluding hydrogens is 286 g/mol. The molecule has 3 nitrogen and oxygen atoms in total. The van der Waals surface area contributed by atoms with Crippen LogP contribution in [0.3, 0.4) is 0 Å². The number of rotatable bonds is 8. The predicted molar refractivity (Wildman–Crippen MR) is 94.2 cm³/mol. The Morgan fingerprint density at radius 2 is 1.74 bits per heavy atom. The smallest absolute Gasteiger partial charge is 0.127 e. The van der Waals surface area contributed by atoms with Crippen LogP contribution in [0.5, 0.6) is 11.5 Å². The van der Waals surface area contributed by atoms with E-state index in [4.69, 9.17) is 9.47 Å². The van der Waals surface area contributed by atoms with E-state index in [2.05, 4.69) is 36.9 Å². The summed E-state index contributed by atoms with van der Waals surface area (Å²) in [6.45, 7) is 8.12. The highest BCUT2D eigenvalue weighted by Gasteiger charge is 2.33. The Morgan fingerprint density at radius 3 is 2.39 bits per heavy atom. The van der Waals surface area contributed by atoms with Gasteiger partial charge in [0.25, 0.3) is 0 Å². The van der Waals surface area contributed by atoms with Crippen LogP contribution in [0.2, 0.25) is 0 Å². The van der Waals surface area contributed by atoms with E-state index in [1.54, 1.807) is 0 Å². The fraction of sp³-hybridized carbons (Fsp3) is 0.700. The average Bonchev–Trinajstić information content (AvgIpc) is 2.60. The van der Waals surface area contributed by atoms with Crippen LogP contribution in [0.4, 0.5) is 0 Å². The van der Waals surface area contributed by atoms with Gasteiger partial charge in [0.2, 0.25) is 0 Å². The lowest BCUT2D eigenvalue weighted by Crippen LogP contribution is -2.47. The van der Waals surface area contributed by atoms with E-state index in [1.807, 2.05) is 0 Å². The Morgan fingerprint density at radius 1 is 1.00 bits per heavy atom. The van der Waals surface area contributed by atoms with Crippen molar-refractivity contribution in [3.63, 3.8) is 0 Å². The number of nitrogens with zero attached hydrogens (tertiary/aromatic N) is 1. The van der Waals surface area contributed by atoms with E-state index in [0.717, 1.165) is 56.1 Å². The molecule has 0 spiro atoms. The van der Waals surface area contributed by atoms with Gasteiger partial charge in [0, 0.05) is 30.8 Å². The Hall–Kier alpha value is -1.22. The van der Waals surface area contributed by atoms with Crippen LogP contribution in [0.15, 0.2) is 18.2 Å². The van der Waals surface area contributed by atoms with Crippen LogP contribution in [-0.4, -0.2) is 30.7 Å². The SMILES string of the molecule is CCCOc1ccc(CN2CC3CCC2CC3)c(OCCC)c1. The van der Waals surface area contributed by atoms with Crippen LogP contribution < -0.4 is 9.47 Å². The maximum atomic E-state index is 6.02. The molecule has 23 heavy (non-hydrogen) atoms. The summed E-state index contributed by atoms with van der Waals surface area (Å²) in [5.41, 5.74) is 1.31. The zero-order valence-electron chi connectivity index (χ0n) is 14.7. The Bertz CT molecular complexity index is 494. The van der Waals surface area contributed by atoms with Crippen LogP contribution in [0, 0.1) is 5.92 Å². The summed E-state index contributed by atoms with van der Waals surface area (Å²) < 4.78 is 11.8. The van der Waals surface area contributed by atoms with Gasteiger partial charge in [0.05, 0.1) is 13.2 Å². The van der Waals surface area contributed by atoms with E-state index in [-0.39, 0.29) is 0 Å². The lowest BCUT2D eigenvalue weighted by atomic mass is 9.80. The van der Waals surface area contributed by atoms with Crippen LogP contribution in [0.25, 0.3) is 0 Å². The Labute approximate surface area is 141 Å². The molecule has 1 aromatic carbocycles. The molecule has 4 rings (SSSR count). The fourth-order valence-electron chi connectivity index (χ4n) is 3.91. The maximum absolute atomic E-state index is 6.02. The first kappa shape index (κ1) is 16.6. The van der Waals surface area contributed by atoms with Crippen molar-refractivity contribution in [2.75, 3.05) is 19.8 Å². The molecule has 1 aromatic rings. The third-order valence-electron chi connectivity index (χ3n) is 5.17. The lowest BCUT2D eigenvalue weighted by Gasteiger charge is -2.45. The quantitative estimate of drug-likeness (QED) is 0.697. The van der Waals surface area contributed by atoms with Gasteiger partial charge in [-0.05, 0) is 50.5 Å². The largest absolute Gasteiger partial charge is 0.493 e. The molecule has 1 aliphatic carbocycles. The summed E-state index contributed by atoms with van der Waals surface area (Å²) in [5, 5.41) is 0. The normalized spacial score (nSPS) is 23.9. The second-order valence-electron chi connectivity index (χ2n) is 7.07. The summed E-state index contributed by atoms with van der Waals surface area (Å²) >= 11 is 0. The molecule has 0 unspecified atom stereocenters. The predicted octanol–water partition coefficient (Wildman–Crippen LogP) is 4.64. The zero-order valence-corrected chi connectivity index (χ0v) is 14.7. The highest BCUT2D eigenvalue weighted by Crippen LogP contribution is 2.37. The molecule has 2 heterocycles. The standard InChI is InChI=1S/C20H31NO2/c1-3-11-22-19-10-7-17(20(13-19)23-12-4-2)15-21-14-16-5-8-18(21)9-6-16/h7,10,13,16,18H,3-6,8-9,11-12,14-15H2,1-2H3. The first-order valence-corrected chi connectivity index (χ1v) is 9.42. The molecule has 2 aliphatic heterocycles. The van der Waals surface area contributed by atoms with Crippen LogP contribution in [-0.2, 0) is 6.54 Å². The summed E-state index contributed by atoms with van der Waals surface area (Å²) in [6, 6.07) is 7.18. The number of fused-ring (bicyclic) bond motifs is 3.